The normalized spacial score (nSPS) is 21.6. The van der Waals surface area contributed by atoms with Crippen molar-refractivity contribution in [2.45, 2.75) is 57.0 Å². The zero-order chi connectivity index (χ0) is 18.9. The van der Waals surface area contributed by atoms with Crippen LogP contribution in [0.25, 0.3) is 0 Å². The molecule has 0 bridgehead atoms. The maximum atomic E-state index is 12.8. The van der Waals surface area contributed by atoms with Crippen LogP contribution in [0.15, 0.2) is 29.3 Å². The minimum absolute atomic E-state index is 0.237. The molecule has 1 heterocycles. The summed E-state index contributed by atoms with van der Waals surface area (Å²) in [6.45, 7) is 3.85. The molecule has 27 heavy (non-hydrogen) atoms. The second-order valence-electron chi connectivity index (χ2n) is 7.57. The molecule has 2 fully saturated rings. The Morgan fingerprint density at radius 2 is 1.96 bits per heavy atom. The van der Waals surface area contributed by atoms with Gasteiger partial charge in [0.05, 0.1) is 6.61 Å². The topological polar surface area (TPSA) is 48.9 Å². The number of guanidine groups is 1. The highest BCUT2D eigenvalue weighted by Crippen LogP contribution is 2.26. The molecule has 1 unspecified atom stereocenters. The molecule has 0 aromatic heterocycles. The van der Waals surface area contributed by atoms with Crippen molar-refractivity contribution in [2.75, 3.05) is 33.3 Å². The Balaban J connectivity index is 1.26. The number of ether oxygens (including phenoxy) is 1. The van der Waals surface area contributed by atoms with Crippen LogP contribution in [-0.2, 0) is 0 Å². The summed E-state index contributed by atoms with van der Waals surface area (Å²) in [7, 11) is 1.83. The van der Waals surface area contributed by atoms with E-state index in [9.17, 15) is 4.39 Å². The van der Waals surface area contributed by atoms with E-state index in [1.165, 1.54) is 50.8 Å². The Kier molecular flexibility index (Phi) is 7.75. The van der Waals surface area contributed by atoms with Crippen LogP contribution in [0, 0.1) is 5.82 Å². The van der Waals surface area contributed by atoms with Crippen LogP contribution in [0.1, 0.15) is 44.9 Å². The number of halogens is 1. The predicted molar refractivity (Wildman–Crippen MR) is 108 cm³/mol. The van der Waals surface area contributed by atoms with E-state index < -0.39 is 0 Å². The molecule has 5 nitrogen and oxygen atoms in total. The summed E-state index contributed by atoms with van der Waals surface area (Å²) in [6, 6.07) is 7.48. The van der Waals surface area contributed by atoms with E-state index in [4.69, 9.17) is 4.74 Å². The molecule has 1 saturated heterocycles. The van der Waals surface area contributed by atoms with Gasteiger partial charge in [-0.15, -0.1) is 0 Å². The molecule has 1 saturated carbocycles. The molecular formula is C21H33FN4O. The first kappa shape index (κ1) is 19.9. The van der Waals surface area contributed by atoms with Gasteiger partial charge in [0.25, 0.3) is 0 Å². The highest BCUT2D eigenvalue weighted by molar-refractivity contribution is 5.79. The number of hydrogen-bond acceptors (Lipinski definition) is 3. The average Bonchev–Trinajstić information content (AvgIpc) is 3.36. The second-order valence-corrected chi connectivity index (χ2v) is 7.57. The minimum atomic E-state index is -0.237. The third-order valence-corrected chi connectivity index (χ3v) is 5.57. The molecule has 1 aliphatic carbocycles. The van der Waals surface area contributed by atoms with Crippen molar-refractivity contribution >= 4 is 5.96 Å². The third-order valence-electron chi connectivity index (χ3n) is 5.57. The van der Waals surface area contributed by atoms with Crippen LogP contribution in [-0.4, -0.2) is 56.2 Å². The van der Waals surface area contributed by atoms with Gasteiger partial charge in [-0.2, -0.15) is 0 Å². The van der Waals surface area contributed by atoms with Crippen molar-refractivity contribution in [3.05, 3.63) is 30.1 Å². The Morgan fingerprint density at radius 1 is 1.19 bits per heavy atom. The van der Waals surface area contributed by atoms with Gasteiger partial charge in [0, 0.05) is 38.8 Å². The number of rotatable bonds is 8. The van der Waals surface area contributed by atoms with Crippen molar-refractivity contribution in [3.63, 3.8) is 0 Å². The van der Waals surface area contributed by atoms with Crippen molar-refractivity contribution in [1.82, 2.24) is 15.5 Å². The van der Waals surface area contributed by atoms with E-state index >= 15 is 0 Å². The second kappa shape index (κ2) is 10.5. The number of unbranched alkanes of at least 4 members (excludes halogenated alkanes) is 1. The molecule has 1 aromatic carbocycles. The molecule has 2 N–H and O–H groups in total. The number of nitrogens with one attached hydrogen (secondary N) is 2. The lowest BCUT2D eigenvalue weighted by Gasteiger charge is -2.24. The van der Waals surface area contributed by atoms with Gasteiger partial charge in [0.1, 0.15) is 11.6 Å². The van der Waals surface area contributed by atoms with Crippen LogP contribution in [0.3, 0.4) is 0 Å². The monoisotopic (exact) mass is 376 g/mol. The SMILES string of the molecule is CN=C(NCCCCOc1ccc(F)cc1)NC1CCN(C2CCCC2)C1. The molecule has 0 radical (unpaired) electrons. The van der Waals surface area contributed by atoms with E-state index in [1.807, 2.05) is 7.05 Å². The number of likely N-dealkylation sites (tertiary alicyclic amines) is 1. The van der Waals surface area contributed by atoms with Crippen LogP contribution < -0.4 is 15.4 Å². The van der Waals surface area contributed by atoms with Gasteiger partial charge < -0.3 is 15.4 Å². The lowest BCUT2D eigenvalue weighted by Crippen LogP contribution is -2.45. The first-order valence-corrected chi connectivity index (χ1v) is 10.3. The zero-order valence-electron chi connectivity index (χ0n) is 16.4. The van der Waals surface area contributed by atoms with E-state index in [-0.39, 0.29) is 5.82 Å². The predicted octanol–water partition coefficient (Wildman–Crippen LogP) is 3.17. The van der Waals surface area contributed by atoms with E-state index in [0.29, 0.717) is 12.6 Å². The molecule has 1 aliphatic heterocycles. The Bertz CT molecular complexity index is 586. The molecule has 3 rings (SSSR count). The third kappa shape index (κ3) is 6.38. The average molecular weight is 377 g/mol. The highest BCUT2D eigenvalue weighted by Gasteiger charge is 2.30. The van der Waals surface area contributed by atoms with Crippen LogP contribution in [0.5, 0.6) is 5.75 Å². The van der Waals surface area contributed by atoms with Gasteiger partial charge in [-0.1, -0.05) is 12.8 Å². The lowest BCUT2D eigenvalue weighted by atomic mass is 10.2. The fourth-order valence-corrected chi connectivity index (χ4v) is 4.05. The van der Waals surface area contributed by atoms with E-state index in [2.05, 4.69) is 20.5 Å². The number of benzene rings is 1. The van der Waals surface area contributed by atoms with Gasteiger partial charge in [-0.05, 0) is 56.4 Å². The first-order chi connectivity index (χ1) is 13.2. The molecular weight excluding hydrogens is 343 g/mol. The summed E-state index contributed by atoms with van der Waals surface area (Å²) >= 11 is 0. The van der Waals surface area contributed by atoms with Crippen molar-refractivity contribution in [2.24, 2.45) is 4.99 Å². The fraction of sp³-hybridized carbons (Fsp3) is 0.667. The summed E-state index contributed by atoms with van der Waals surface area (Å²) in [5, 5.41) is 6.97. The molecule has 2 aliphatic rings. The first-order valence-electron chi connectivity index (χ1n) is 10.3. The Morgan fingerprint density at radius 3 is 2.70 bits per heavy atom. The quantitative estimate of drug-likeness (QED) is 0.416. The van der Waals surface area contributed by atoms with Crippen LogP contribution in [0.2, 0.25) is 0 Å². The Hall–Kier alpha value is -1.82. The smallest absolute Gasteiger partial charge is 0.191 e. The summed E-state index contributed by atoms with van der Waals surface area (Å²) in [5.41, 5.74) is 0. The number of hydrogen-bond donors (Lipinski definition) is 2. The lowest BCUT2D eigenvalue weighted by molar-refractivity contribution is 0.242. The van der Waals surface area contributed by atoms with Crippen LogP contribution in [0.4, 0.5) is 4.39 Å². The molecule has 150 valence electrons. The van der Waals surface area contributed by atoms with Crippen molar-refractivity contribution in [1.29, 1.82) is 0 Å². The minimum Gasteiger partial charge on any atom is -0.494 e. The van der Waals surface area contributed by atoms with Crippen LogP contribution >= 0.6 is 0 Å². The standard InChI is InChI=1S/C21H33FN4O/c1-23-21(25-18-12-14-26(16-18)19-6-2-3-7-19)24-13-4-5-15-27-20-10-8-17(22)9-11-20/h8-11,18-19H,2-7,12-16H2,1H3,(H2,23,24,25). The largest absolute Gasteiger partial charge is 0.494 e. The molecule has 6 heteroatoms. The zero-order valence-corrected chi connectivity index (χ0v) is 16.4. The Labute approximate surface area is 162 Å². The van der Waals surface area contributed by atoms with Gasteiger partial charge in [-0.25, -0.2) is 4.39 Å². The summed E-state index contributed by atoms with van der Waals surface area (Å²) < 4.78 is 18.5. The fourth-order valence-electron chi connectivity index (χ4n) is 4.05. The number of aliphatic imine (C=N–C) groups is 1. The number of nitrogens with zero attached hydrogens (tertiary/aromatic N) is 2. The van der Waals surface area contributed by atoms with Gasteiger partial charge in [0.15, 0.2) is 5.96 Å². The molecule has 0 amide bonds. The molecule has 1 aromatic rings. The maximum Gasteiger partial charge on any atom is 0.191 e. The van der Waals surface area contributed by atoms with Crippen molar-refractivity contribution in [3.8, 4) is 5.75 Å². The molecule has 1 atom stereocenters. The van der Waals surface area contributed by atoms with Gasteiger partial charge >= 0.3 is 0 Å². The summed E-state index contributed by atoms with van der Waals surface area (Å²) in [6.07, 6.45) is 8.68. The van der Waals surface area contributed by atoms with Crippen molar-refractivity contribution < 1.29 is 9.13 Å². The van der Waals surface area contributed by atoms with E-state index in [1.54, 1.807) is 12.1 Å². The maximum absolute atomic E-state index is 12.8. The molecule has 0 spiro atoms. The van der Waals surface area contributed by atoms with Gasteiger partial charge in [0.2, 0.25) is 0 Å². The summed E-state index contributed by atoms with van der Waals surface area (Å²) in [5.74, 6) is 1.38. The highest BCUT2D eigenvalue weighted by atomic mass is 19.1. The summed E-state index contributed by atoms with van der Waals surface area (Å²) in [4.78, 5) is 7.01. The van der Waals surface area contributed by atoms with Gasteiger partial charge in [-0.3, -0.25) is 9.89 Å². The van der Waals surface area contributed by atoms with E-state index in [0.717, 1.165) is 43.7 Å².